The molecule has 4 heteroatoms. The molecule has 1 aromatic carbocycles. The van der Waals surface area contributed by atoms with Crippen LogP contribution in [-0.4, -0.2) is 18.8 Å². The molecule has 1 aliphatic rings. The molecule has 100 valence electrons. The molecular formula is C14H21FN2O. The van der Waals surface area contributed by atoms with Gasteiger partial charge >= 0.3 is 0 Å². The molecule has 0 aliphatic heterocycles. The summed E-state index contributed by atoms with van der Waals surface area (Å²) in [6.45, 7) is 7.04. The summed E-state index contributed by atoms with van der Waals surface area (Å²) in [4.78, 5) is 0. The number of ether oxygens (including phenoxy) is 1. The first-order chi connectivity index (χ1) is 8.45. The van der Waals surface area contributed by atoms with E-state index in [1.165, 1.54) is 12.1 Å². The Morgan fingerprint density at radius 3 is 2.83 bits per heavy atom. The third kappa shape index (κ3) is 2.29. The number of benzene rings is 1. The zero-order chi connectivity index (χ0) is 13.3. The van der Waals surface area contributed by atoms with Crippen LogP contribution in [0.25, 0.3) is 0 Å². The molecule has 2 unspecified atom stereocenters. The predicted molar refractivity (Wildman–Crippen MR) is 72.0 cm³/mol. The summed E-state index contributed by atoms with van der Waals surface area (Å²) in [7, 11) is 0. The third-order valence-corrected chi connectivity index (χ3v) is 3.89. The van der Waals surface area contributed by atoms with Gasteiger partial charge in [0.1, 0.15) is 5.82 Å². The van der Waals surface area contributed by atoms with Crippen molar-refractivity contribution in [1.29, 1.82) is 0 Å². The van der Waals surface area contributed by atoms with Crippen LogP contribution >= 0.6 is 0 Å². The van der Waals surface area contributed by atoms with Gasteiger partial charge in [-0.2, -0.15) is 0 Å². The minimum absolute atomic E-state index is 0.0365. The van der Waals surface area contributed by atoms with E-state index in [0.29, 0.717) is 11.4 Å². The molecule has 0 amide bonds. The van der Waals surface area contributed by atoms with E-state index in [4.69, 9.17) is 10.5 Å². The number of rotatable bonds is 4. The summed E-state index contributed by atoms with van der Waals surface area (Å²) in [5.41, 5.74) is 7.12. The first kappa shape index (κ1) is 13.1. The Hall–Kier alpha value is -1.29. The molecule has 1 fully saturated rings. The standard InChI is InChI=1S/C14H21FN2O/c1-4-18-13-8-12(14(13,2)3)17-11-7-9(15)5-6-10(11)16/h5-7,12-13,17H,4,8,16H2,1-3H3. The minimum atomic E-state index is -0.273. The molecule has 0 aromatic heterocycles. The zero-order valence-electron chi connectivity index (χ0n) is 11.2. The molecule has 2 atom stereocenters. The Kier molecular flexibility index (Phi) is 3.48. The molecule has 3 nitrogen and oxygen atoms in total. The maximum absolute atomic E-state index is 13.2. The van der Waals surface area contributed by atoms with Gasteiger partial charge in [-0.05, 0) is 31.5 Å². The van der Waals surface area contributed by atoms with Gasteiger partial charge in [0, 0.05) is 18.1 Å². The molecule has 0 saturated heterocycles. The Bertz CT molecular complexity index is 434. The molecule has 1 aliphatic carbocycles. The Morgan fingerprint density at radius 1 is 1.50 bits per heavy atom. The second-order valence-corrected chi connectivity index (χ2v) is 5.43. The molecular weight excluding hydrogens is 231 g/mol. The van der Waals surface area contributed by atoms with Gasteiger partial charge in [0.15, 0.2) is 0 Å². The van der Waals surface area contributed by atoms with Crippen molar-refractivity contribution in [2.45, 2.75) is 39.3 Å². The van der Waals surface area contributed by atoms with E-state index in [1.54, 1.807) is 6.07 Å². The predicted octanol–water partition coefficient (Wildman–Crippen LogP) is 3.02. The van der Waals surface area contributed by atoms with Crippen molar-refractivity contribution in [2.24, 2.45) is 5.41 Å². The lowest BCUT2D eigenvalue weighted by molar-refractivity contribution is -0.0975. The first-order valence-electron chi connectivity index (χ1n) is 6.38. The van der Waals surface area contributed by atoms with Crippen molar-refractivity contribution < 1.29 is 9.13 Å². The van der Waals surface area contributed by atoms with Crippen LogP contribution in [0.2, 0.25) is 0 Å². The van der Waals surface area contributed by atoms with Crippen LogP contribution in [0.1, 0.15) is 27.2 Å². The molecule has 2 rings (SSSR count). The third-order valence-electron chi connectivity index (χ3n) is 3.89. The summed E-state index contributed by atoms with van der Waals surface area (Å²) in [5, 5.41) is 3.32. The molecule has 0 radical (unpaired) electrons. The fourth-order valence-electron chi connectivity index (χ4n) is 2.46. The molecule has 0 bridgehead atoms. The molecule has 18 heavy (non-hydrogen) atoms. The van der Waals surface area contributed by atoms with E-state index < -0.39 is 0 Å². The lowest BCUT2D eigenvalue weighted by Crippen LogP contribution is -2.58. The summed E-state index contributed by atoms with van der Waals surface area (Å²) in [5.74, 6) is -0.273. The maximum atomic E-state index is 13.2. The summed E-state index contributed by atoms with van der Waals surface area (Å²) >= 11 is 0. The van der Waals surface area contributed by atoms with Crippen LogP contribution < -0.4 is 11.1 Å². The molecule has 3 N–H and O–H groups in total. The normalized spacial score (nSPS) is 25.6. The monoisotopic (exact) mass is 252 g/mol. The van der Waals surface area contributed by atoms with Gasteiger partial charge < -0.3 is 15.8 Å². The largest absolute Gasteiger partial charge is 0.397 e. The van der Waals surface area contributed by atoms with Gasteiger partial charge in [0.25, 0.3) is 0 Å². The van der Waals surface area contributed by atoms with Crippen LogP contribution in [0.3, 0.4) is 0 Å². The van der Waals surface area contributed by atoms with Crippen molar-refractivity contribution in [3.05, 3.63) is 24.0 Å². The highest BCUT2D eigenvalue weighted by atomic mass is 19.1. The average molecular weight is 252 g/mol. The van der Waals surface area contributed by atoms with Gasteiger partial charge in [-0.1, -0.05) is 13.8 Å². The molecule has 0 spiro atoms. The lowest BCUT2D eigenvalue weighted by Gasteiger charge is -2.52. The van der Waals surface area contributed by atoms with Gasteiger partial charge in [0.2, 0.25) is 0 Å². The van der Waals surface area contributed by atoms with Crippen molar-refractivity contribution in [3.63, 3.8) is 0 Å². The molecule has 1 saturated carbocycles. The fraction of sp³-hybridized carbons (Fsp3) is 0.571. The SMILES string of the molecule is CCOC1CC(Nc2cc(F)ccc2N)C1(C)C. The second-order valence-electron chi connectivity index (χ2n) is 5.43. The zero-order valence-corrected chi connectivity index (χ0v) is 11.2. The second kappa shape index (κ2) is 4.76. The first-order valence-corrected chi connectivity index (χ1v) is 6.38. The van der Waals surface area contributed by atoms with Crippen molar-refractivity contribution in [2.75, 3.05) is 17.7 Å². The van der Waals surface area contributed by atoms with Crippen LogP contribution in [-0.2, 0) is 4.74 Å². The van der Waals surface area contributed by atoms with E-state index in [9.17, 15) is 4.39 Å². The van der Waals surface area contributed by atoms with E-state index in [2.05, 4.69) is 19.2 Å². The highest BCUT2D eigenvalue weighted by Gasteiger charge is 2.48. The Labute approximate surface area is 108 Å². The summed E-state index contributed by atoms with van der Waals surface area (Å²) in [6, 6.07) is 4.66. The van der Waals surface area contributed by atoms with E-state index in [-0.39, 0.29) is 23.4 Å². The van der Waals surface area contributed by atoms with Crippen molar-refractivity contribution in [1.82, 2.24) is 0 Å². The number of hydrogen-bond acceptors (Lipinski definition) is 3. The van der Waals surface area contributed by atoms with Crippen molar-refractivity contribution >= 4 is 11.4 Å². The number of hydrogen-bond donors (Lipinski definition) is 2. The van der Waals surface area contributed by atoms with Gasteiger partial charge in [-0.3, -0.25) is 0 Å². The smallest absolute Gasteiger partial charge is 0.125 e. The van der Waals surface area contributed by atoms with Gasteiger partial charge in [-0.25, -0.2) is 4.39 Å². The summed E-state index contributed by atoms with van der Waals surface area (Å²) in [6.07, 6.45) is 1.19. The van der Waals surface area contributed by atoms with E-state index in [0.717, 1.165) is 13.0 Å². The van der Waals surface area contributed by atoms with Crippen molar-refractivity contribution in [3.8, 4) is 0 Å². The number of halogens is 1. The highest BCUT2D eigenvalue weighted by molar-refractivity contribution is 5.66. The summed E-state index contributed by atoms with van der Waals surface area (Å²) < 4.78 is 18.9. The quantitative estimate of drug-likeness (QED) is 0.810. The molecule has 0 heterocycles. The molecule has 1 aromatic rings. The van der Waals surface area contributed by atoms with Crippen LogP contribution in [0.5, 0.6) is 0 Å². The minimum Gasteiger partial charge on any atom is -0.397 e. The van der Waals surface area contributed by atoms with E-state index in [1.807, 2.05) is 6.92 Å². The maximum Gasteiger partial charge on any atom is 0.125 e. The van der Waals surface area contributed by atoms with Crippen LogP contribution in [0.4, 0.5) is 15.8 Å². The average Bonchev–Trinajstić information content (AvgIpc) is 2.32. The highest BCUT2D eigenvalue weighted by Crippen LogP contribution is 2.44. The number of anilines is 2. The number of nitrogen functional groups attached to an aromatic ring is 1. The fourth-order valence-corrected chi connectivity index (χ4v) is 2.46. The Morgan fingerprint density at radius 2 is 2.22 bits per heavy atom. The van der Waals surface area contributed by atoms with Crippen LogP contribution in [0.15, 0.2) is 18.2 Å². The number of nitrogens with one attached hydrogen (secondary N) is 1. The Balaban J connectivity index is 2.05. The van der Waals surface area contributed by atoms with Gasteiger partial charge in [-0.15, -0.1) is 0 Å². The topological polar surface area (TPSA) is 47.3 Å². The number of nitrogens with two attached hydrogens (primary N) is 1. The van der Waals surface area contributed by atoms with Gasteiger partial charge in [0.05, 0.1) is 17.5 Å². The lowest BCUT2D eigenvalue weighted by atomic mass is 9.64. The van der Waals surface area contributed by atoms with E-state index >= 15 is 0 Å². The van der Waals surface area contributed by atoms with Crippen LogP contribution in [0, 0.1) is 11.2 Å².